The Bertz CT molecular complexity index is 1100. The van der Waals surface area contributed by atoms with E-state index in [4.69, 9.17) is 0 Å². The number of carbonyl (C=O) groups excluding carboxylic acids is 1. The van der Waals surface area contributed by atoms with Crippen molar-refractivity contribution in [3.63, 3.8) is 0 Å². The fraction of sp³-hybridized carbons (Fsp3) is 0.0625. The van der Waals surface area contributed by atoms with Gasteiger partial charge < -0.3 is 4.74 Å². The van der Waals surface area contributed by atoms with E-state index < -0.39 is 21.3 Å². The number of rotatable bonds is 5. The van der Waals surface area contributed by atoms with Crippen molar-refractivity contribution in [3.05, 3.63) is 58.3 Å². The Morgan fingerprint density at radius 3 is 2.56 bits per heavy atom. The molecule has 0 spiro atoms. The maximum atomic E-state index is 12.4. The molecule has 0 unspecified atom stereocenters. The highest BCUT2D eigenvalue weighted by Crippen LogP contribution is 2.20. The molecular formula is C16H13N3O5S. The number of aromatic amines is 1. The summed E-state index contributed by atoms with van der Waals surface area (Å²) in [6.07, 6.45) is 0. The largest absolute Gasteiger partial charge is 0.404 e. The Morgan fingerprint density at radius 2 is 1.88 bits per heavy atom. The molecule has 0 saturated carbocycles. The molecule has 0 radical (unpaired) electrons. The summed E-state index contributed by atoms with van der Waals surface area (Å²) in [6.45, 7) is 1.94. The van der Waals surface area contributed by atoms with Gasteiger partial charge in [-0.15, -0.1) is 5.10 Å². The number of H-pyrrole nitrogens is 1. The number of hydrogen-bond acceptors (Lipinski definition) is 6. The summed E-state index contributed by atoms with van der Waals surface area (Å²) in [5.41, 5.74) is 0.881. The number of carbonyl (C=O) groups is 1. The van der Waals surface area contributed by atoms with E-state index in [9.17, 15) is 18.0 Å². The van der Waals surface area contributed by atoms with Crippen LogP contribution in [0, 0.1) is 6.92 Å². The lowest BCUT2D eigenvalue weighted by molar-refractivity contribution is -0.121. The molecule has 1 heterocycles. The van der Waals surface area contributed by atoms with E-state index in [0.29, 0.717) is 5.52 Å². The van der Waals surface area contributed by atoms with Gasteiger partial charge in [-0.05, 0) is 37.3 Å². The van der Waals surface area contributed by atoms with E-state index in [1.807, 2.05) is 6.92 Å². The number of aromatic nitrogens is 2. The third-order valence-corrected chi connectivity index (χ3v) is 4.88. The van der Waals surface area contributed by atoms with Gasteiger partial charge in [0.05, 0.1) is 15.8 Å². The first-order valence-corrected chi connectivity index (χ1v) is 8.61. The van der Waals surface area contributed by atoms with E-state index in [1.165, 1.54) is 30.3 Å². The number of anilines is 1. The molecule has 1 aromatic heterocycles. The second kappa shape index (κ2) is 6.36. The highest BCUT2D eigenvalue weighted by molar-refractivity contribution is 7.92. The molecule has 0 bridgehead atoms. The summed E-state index contributed by atoms with van der Waals surface area (Å²) in [5.74, 6) is -0.416. The molecule has 0 saturated heterocycles. The molecule has 0 atom stereocenters. The third-order valence-electron chi connectivity index (χ3n) is 3.48. The molecule has 3 rings (SSSR count). The predicted molar refractivity (Wildman–Crippen MR) is 91.0 cm³/mol. The lowest BCUT2D eigenvalue weighted by Crippen LogP contribution is -2.14. The molecule has 2 aromatic carbocycles. The minimum atomic E-state index is -3.80. The molecule has 0 aliphatic heterocycles. The number of fused-ring (bicyclic) bond motifs is 1. The van der Waals surface area contributed by atoms with Crippen LogP contribution in [-0.2, 0) is 14.8 Å². The zero-order valence-electron chi connectivity index (χ0n) is 13.0. The molecular weight excluding hydrogens is 346 g/mol. The summed E-state index contributed by atoms with van der Waals surface area (Å²) in [5, 5.41) is 6.32. The zero-order chi connectivity index (χ0) is 18.0. The van der Waals surface area contributed by atoms with Crippen LogP contribution in [0.25, 0.3) is 10.9 Å². The van der Waals surface area contributed by atoms with Crippen molar-refractivity contribution in [2.75, 3.05) is 4.72 Å². The fourth-order valence-corrected chi connectivity index (χ4v) is 3.28. The van der Waals surface area contributed by atoms with Crippen LogP contribution < -0.4 is 14.9 Å². The van der Waals surface area contributed by atoms with Gasteiger partial charge in [0.1, 0.15) is 0 Å². The van der Waals surface area contributed by atoms with Crippen LogP contribution in [0.4, 0.5) is 5.69 Å². The van der Waals surface area contributed by atoms with Crippen molar-refractivity contribution in [2.24, 2.45) is 0 Å². The lowest BCUT2D eigenvalue weighted by atomic mass is 10.2. The quantitative estimate of drug-likeness (QED) is 0.668. The van der Waals surface area contributed by atoms with Crippen molar-refractivity contribution >= 4 is 33.1 Å². The topological polar surface area (TPSA) is 118 Å². The highest BCUT2D eigenvalue weighted by Gasteiger charge is 2.15. The number of sulfonamides is 1. The Hall–Kier alpha value is -3.20. The maximum Gasteiger partial charge on any atom is 0.300 e. The fourth-order valence-electron chi connectivity index (χ4n) is 2.23. The van der Waals surface area contributed by atoms with E-state index in [2.05, 4.69) is 19.7 Å². The number of nitrogens with zero attached hydrogens (tertiary/aromatic N) is 1. The molecule has 0 amide bonds. The molecule has 9 heteroatoms. The number of aryl methyl sites for hydroxylation is 1. The summed E-state index contributed by atoms with van der Waals surface area (Å²) < 4.78 is 31.8. The zero-order valence-corrected chi connectivity index (χ0v) is 13.8. The van der Waals surface area contributed by atoms with E-state index in [1.54, 1.807) is 12.1 Å². The first kappa shape index (κ1) is 16.7. The number of ether oxygens (including phenoxy) is 1. The molecule has 8 nitrogen and oxygen atoms in total. The predicted octanol–water partition coefficient (Wildman–Crippen LogP) is 1.57. The van der Waals surface area contributed by atoms with Crippen LogP contribution in [-0.4, -0.2) is 25.1 Å². The first-order chi connectivity index (χ1) is 11.9. The summed E-state index contributed by atoms with van der Waals surface area (Å²) in [6, 6.07) is 10.7. The van der Waals surface area contributed by atoms with Gasteiger partial charge in [-0.1, -0.05) is 17.7 Å². The van der Waals surface area contributed by atoms with Gasteiger partial charge in [-0.3, -0.25) is 19.4 Å². The molecule has 25 heavy (non-hydrogen) atoms. The average Bonchev–Trinajstić information content (AvgIpc) is 2.58. The second-order valence-corrected chi connectivity index (χ2v) is 6.93. The van der Waals surface area contributed by atoms with Crippen molar-refractivity contribution in [2.45, 2.75) is 11.8 Å². The van der Waals surface area contributed by atoms with E-state index in [-0.39, 0.29) is 22.4 Å². The molecule has 128 valence electrons. The minimum absolute atomic E-state index is 0.0906. The van der Waals surface area contributed by atoms with Gasteiger partial charge >= 0.3 is 0 Å². The van der Waals surface area contributed by atoms with Gasteiger partial charge in [0.25, 0.3) is 27.8 Å². The van der Waals surface area contributed by atoms with Crippen LogP contribution in [0.2, 0.25) is 0 Å². The molecule has 0 aliphatic rings. The maximum absolute atomic E-state index is 12.4. The number of hydrogen-bond donors (Lipinski definition) is 2. The highest BCUT2D eigenvalue weighted by atomic mass is 32.2. The lowest BCUT2D eigenvalue weighted by Gasteiger charge is -2.09. The summed E-state index contributed by atoms with van der Waals surface area (Å²) in [4.78, 5) is 22.7. The third kappa shape index (κ3) is 3.36. The van der Waals surface area contributed by atoms with Crippen LogP contribution in [0.5, 0.6) is 5.88 Å². The number of nitrogens with one attached hydrogen (secondary N) is 2. The molecule has 3 aromatic rings. The standard InChI is InChI=1S/C16H13N3O5S/c1-10-2-5-12(6-3-10)25(22,23)19-11-4-7-14-13(8-11)15(21)16(18-17-14)24-9-20/h2-9,19H,1H3,(H,17,21). The van der Waals surface area contributed by atoms with Gasteiger partial charge in [0.15, 0.2) is 0 Å². The van der Waals surface area contributed by atoms with Crippen LogP contribution >= 0.6 is 0 Å². The minimum Gasteiger partial charge on any atom is -0.404 e. The van der Waals surface area contributed by atoms with Crippen molar-refractivity contribution in [1.82, 2.24) is 10.2 Å². The molecule has 0 fully saturated rings. The van der Waals surface area contributed by atoms with Gasteiger partial charge in [-0.25, -0.2) is 8.42 Å². The van der Waals surface area contributed by atoms with Gasteiger partial charge in [0, 0.05) is 5.69 Å². The van der Waals surface area contributed by atoms with Crippen LogP contribution in [0.1, 0.15) is 5.56 Å². The van der Waals surface area contributed by atoms with E-state index >= 15 is 0 Å². The smallest absolute Gasteiger partial charge is 0.300 e. The van der Waals surface area contributed by atoms with Crippen LogP contribution in [0.15, 0.2) is 52.2 Å². The first-order valence-electron chi connectivity index (χ1n) is 7.13. The van der Waals surface area contributed by atoms with Crippen molar-refractivity contribution in [3.8, 4) is 5.88 Å². The monoisotopic (exact) mass is 359 g/mol. The normalized spacial score (nSPS) is 11.2. The second-order valence-electron chi connectivity index (χ2n) is 5.25. The molecule has 0 aliphatic carbocycles. The Kier molecular flexibility index (Phi) is 4.24. The van der Waals surface area contributed by atoms with Gasteiger partial charge in [0.2, 0.25) is 0 Å². The van der Waals surface area contributed by atoms with E-state index in [0.717, 1.165) is 5.56 Å². The Morgan fingerprint density at radius 1 is 1.16 bits per heavy atom. The number of benzene rings is 2. The van der Waals surface area contributed by atoms with Crippen molar-refractivity contribution < 1.29 is 17.9 Å². The molecule has 2 N–H and O–H groups in total. The summed E-state index contributed by atoms with van der Waals surface area (Å²) in [7, 11) is -3.80. The van der Waals surface area contributed by atoms with Crippen molar-refractivity contribution in [1.29, 1.82) is 0 Å². The SMILES string of the molecule is Cc1ccc(S(=O)(=O)Nc2ccc3[nH]nc(OC=O)c(=O)c3c2)cc1. The van der Waals surface area contributed by atoms with Gasteiger partial charge in [-0.2, -0.15) is 0 Å². The average molecular weight is 359 g/mol. The Labute approximate surface area is 142 Å². The Balaban J connectivity index is 2.01. The summed E-state index contributed by atoms with van der Waals surface area (Å²) >= 11 is 0. The van der Waals surface area contributed by atoms with Crippen LogP contribution in [0.3, 0.4) is 0 Å².